The zero-order valence-corrected chi connectivity index (χ0v) is 9.74. The van der Waals surface area contributed by atoms with Gasteiger partial charge in [0.25, 0.3) is 5.56 Å². The molecular weight excluding hydrogens is 232 g/mol. The Kier molecular flexibility index (Phi) is 3.16. The lowest BCUT2D eigenvalue weighted by Gasteiger charge is -2.12. The summed E-state index contributed by atoms with van der Waals surface area (Å²) in [4.78, 5) is 23.1. The zero-order chi connectivity index (χ0) is 11.7. The number of halogens is 1. The van der Waals surface area contributed by atoms with Gasteiger partial charge in [0.1, 0.15) is 5.15 Å². The SMILES string of the molecule is Cn1c(=O)cc(Cl)n(C[C@@H]2CCOC2)c1=O. The summed E-state index contributed by atoms with van der Waals surface area (Å²) in [6.07, 6.45) is 0.922. The maximum Gasteiger partial charge on any atom is 0.331 e. The Morgan fingerprint density at radius 1 is 1.56 bits per heavy atom. The predicted molar refractivity (Wildman–Crippen MR) is 59.9 cm³/mol. The first-order valence-electron chi connectivity index (χ1n) is 5.13. The molecule has 0 saturated carbocycles. The van der Waals surface area contributed by atoms with Crippen LogP contribution < -0.4 is 11.2 Å². The van der Waals surface area contributed by atoms with E-state index in [0.29, 0.717) is 19.1 Å². The van der Waals surface area contributed by atoms with Crippen LogP contribution in [0.5, 0.6) is 0 Å². The Labute approximate surface area is 97.2 Å². The first-order valence-corrected chi connectivity index (χ1v) is 5.51. The van der Waals surface area contributed by atoms with Gasteiger partial charge in [-0.3, -0.25) is 13.9 Å². The van der Waals surface area contributed by atoms with Crippen molar-refractivity contribution >= 4 is 11.6 Å². The number of rotatable bonds is 2. The summed E-state index contributed by atoms with van der Waals surface area (Å²) in [6, 6.07) is 1.26. The maximum absolute atomic E-state index is 11.8. The van der Waals surface area contributed by atoms with Crippen molar-refractivity contribution in [3.63, 3.8) is 0 Å². The van der Waals surface area contributed by atoms with Gasteiger partial charge in [0.05, 0.1) is 6.61 Å². The molecule has 1 saturated heterocycles. The molecule has 5 nitrogen and oxygen atoms in total. The van der Waals surface area contributed by atoms with Crippen LogP contribution >= 0.6 is 11.6 Å². The normalized spacial score (nSPS) is 20.2. The molecule has 6 heteroatoms. The zero-order valence-electron chi connectivity index (χ0n) is 8.98. The van der Waals surface area contributed by atoms with Gasteiger partial charge in [-0.1, -0.05) is 11.6 Å². The van der Waals surface area contributed by atoms with E-state index < -0.39 is 0 Å². The van der Waals surface area contributed by atoms with Crippen molar-refractivity contribution in [2.75, 3.05) is 13.2 Å². The summed E-state index contributed by atoms with van der Waals surface area (Å²) in [5.74, 6) is 0.299. The molecule has 1 atom stereocenters. The maximum atomic E-state index is 11.8. The third kappa shape index (κ3) is 2.05. The monoisotopic (exact) mass is 244 g/mol. The predicted octanol–water partition coefficient (Wildman–Crippen LogP) is 0.237. The topological polar surface area (TPSA) is 53.2 Å². The number of ether oxygens (including phenoxy) is 1. The van der Waals surface area contributed by atoms with Crippen molar-refractivity contribution in [3.8, 4) is 0 Å². The van der Waals surface area contributed by atoms with Gasteiger partial charge in [-0.25, -0.2) is 4.79 Å². The van der Waals surface area contributed by atoms with Crippen molar-refractivity contribution in [1.82, 2.24) is 9.13 Å². The molecule has 0 spiro atoms. The molecule has 1 aromatic rings. The molecule has 1 aliphatic rings. The van der Waals surface area contributed by atoms with E-state index in [1.807, 2.05) is 0 Å². The van der Waals surface area contributed by atoms with E-state index in [1.165, 1.54) is 17.7 Å². The number of nitrogens with zero attached hydrogens (tertiary/aromatic N) is 2. The van der Waals surface area contributed by atoms with E-state index in [-0.39, 0.29) is 16.4 Å². The van der Waals surface area contributed by atoms with Gasteiger partial charge >= 0.3 is 5.69 Å². The molecule has 0 unspecified atom stereocenters. The second-order valence-electron chi connectivity index (χ2n) is 3.99. The number of hydrogen-bond acceptors (Lipinski definition) is 3. The fourth-order valence-corrected chi connectivity index (χ4v) is 2.03. The van der Waals surface area contributed by atoms with E-state index in [1.54, 1.807) is 0 Å². The minimum absolute atomic E-state index is 0.194. The molecule has 0 aliphatic carbocycles. The summed E-state index contributed by atoms with van der Waals surface area (Å²) in [5, 5.41) is 0.194. The quantitative estimate of drug-likeness (QED) is 0.701. The molecule has 1 aromatic heterocycles. The van der Waals surface area contributed by atoms with Gasteiger partial charge in [-0.05, 0) is 6.42 Å². The lowest BCUT2D eigenvalue weighted by molar-refractivity contribution is 0.182. The highest BCUT2D eigenvalue weighted by Crippen LogP contribution is 2.15. The Hall–Kier alpha value is -1.07. The largest absolute Gasteiger partial charge is 0.381 e. The molecule has 0 radical (unpaired) electrons. The van der Waals surface area contributed by atoms with Crippen molar-refractivity contribution in [2.45, 2.75) is 13.0 Å². The Bertz CT molecular complexity index is 500. The van der Waals surface area contributed by atoms with E-state index in [4.69, 9.17) is 16.3 Å². The first kappa shape index (κ1) is 11.4. The number of hydrogen-bond donors (Lipinski definition) is 0. The molecular formula is C10H13ClN2O3. The molecule has 0 aromatic carbocycles. The first-order chi connectivity index (χ1) is 7.59. The summed E-state index contributed by atoms with van der Waals surface area (Å²) >= 11 is 5.89. The van der Waals surface area contributed by atoms with Crippen LogP contribution in [0.25, 0.3) is 0 Å². The average molecular weight is 245 g/mol. The highest BCUT2D eigenvalue weighted by Gasteiger charge is 2.18. The average Bonchev–Trinajstić information content (AvgIpc) is 2.74. The minimum atomic E-state index is -0.381. The summed E-state index contributed by atoms with van der Waals surface area (Å²) in [6.45, 7) is 1.88. The van der Waals surface area contributed by atoms with E-state index in [0.717, 1.165) is 17.6 Å². The number of aromatic nitrogens is 2. The van der Waals surface area contributed by atoms with Gasteiger partial charge in [0, 0.05) is 32.2 Å². The molecule has 1 aliphatic heterocycles. The van der Waals surface area contributed by atoms with Crippen molar-refractivity contribution in [1.29, 1.82) is 0 Å². The fraction of sp³-hybridized carbons (Fsp3) is 0.600. The second kappa shape index (κ2) is 4.43. The second-order valence-corrected chi connectivity index (χ2v) is 4.37. The highest BCUT2D eigenvalue weighted by molar-refractivity contribution is 6.29. The molecule has 2 rings (SSSR count). The summed E-state index contributed by atoms with van der Waals surface area (Å²) < 4.78 is 7.71. The molecule has 1 fully saturated rings. The van der Waals surface area contributed by atoms with Crippen LogP contribution in [-0.2, 0) is 18.3 Å². The van der Waals surface area contributed by atoms with Gasteiger partial charge < -0.3 is 4.74 Å². The lowest BCUT2D eigenvalue weighted by atomic mass is 10.1. The summed E-state index contributed by atoms with van der Waals surface area (Å²) in [7, 11) is 1.45. The van der Waals surface area contributed by atoms with Crippen LogP contribution in [-0.4, -0.2) is 22.3 Å². The van der Waals surface area contributed by atoms with Crippen LogP contribution in [0.4, 0.5) is 0 Å². The smallest absolute Gasteiger partial charge is 0.331 e. The van der Waals surface area contributed by atoms with E-state index in [9.17, 15) is 9.59 Å². The molecule has 16 heavy (non-hydrogen) atoms. The van der Waals surface area contributed by atoms with Crippen LogP contribution in [0, 0.1) is 5.92 Å². The van der Waals surface area contributed by atoms with Crippen LogP contribution in [0.15, 0.2) is 15.7 Å². The molecule has 0 N–H and O–H groups in total. The Morgan fingerprint density at radius 3 is 2.94 bits per heavy atom. The third-order valence-corrected chi connectivity index (χ3v) is 3.13. The highest BCUT2D eigenvalue weighted by atomic mass is 35.5. The standard InChI is InChI=1S/C10H13ClN2O3/c1-12-9(14)4-8(11)13(10(12)15)5-7-2-3-16-6-7/h4,7H,2-3,5-6H2,1H3/t7-/m0/s1. The van der Waals surface area contributed by atoms with Crippen molar-refractivity contribution < 1.29 is 4.74 Å². The fourth-order valence-electron chi connectivity index (χ4n) is 1.79. The third-order valence-electron chi connectivity index (χ3n) is 2.81. The Balaban J connectivity index is 2.36. The Morgan fingerprint density at radius 2 is 2.31 bits per heavy atom. The van der Waals surface area contributed by atoms with Crippen LogP contribution in [0.1, 0.15) is 6.42 Å². The molecule has 0 amide bonds. The molecule has 2 heterocycles. The minimum Gasteiger partial charge on any atom is -0.381 e. The van der Waals surface area contributed by atoms with E-state index >= 15 is 0 Å². The van der Waals surface area contributed by atoms with Crippen molar-refractivity contribution in [3.05, 3.63) is 32.1 Å². The van der Waals surface area contributed by atoms with Gasteiger partial charge in [-0.2, -0.15) is 0 Å². The molecule has 0 bridgehead atoms. The van der Waals surface area contributed by atoms with Crippen LogP contribution in [0.2, 0.25) is 5.15 Å². The van der Waals surface area contributed by atoms with Gasteiger partial charge in [0.2, 0.25) is 0 Å². The lowest BCUT2D eigenvalue weighted by Crippen LogP contribution is -2.38. The van der Waals surface area contributed by atoms with Crippen molar-refractivity contribution in [2.24, 2.45) is 13.0 Å². The van der Waals surface area contributed by atoms with Gasteiger partial charge in [0.15, 0.2) is 0 Å². The van der Waals surface area contributed by atoms with Gasteiger partial charge in [-0.15, -0.1) is 0 Å². The summed E-state index contributed by atoms with van der Waals surface area (Å²) in [5.41, 5.74) is -0.752. The van der Waals surface area contributed by atoms with Crippen LogP contribution in [0.3, 0.4) is 0 Å². The van der Waals surface area contributed by atoms with E-state index in [2.05, 4.69) is 0 Å². The molecule has 88 valence electrons.